The highest BCUT2D eigenvalue weighted by atomic mass is 16.5. The van der Waals surface area contributed by atoms with Crippen molar-refractivity contribution in [1.29, 1.82) is 5.26 Å². The number of hydrogen-bond donors (Lipinski definition) is 3. The molecule has 1 unspecified atom stereocenters. The first-order valence-corrected chi connectivity index (χ1v) is 12.1. The van der Waals surface area contributed by atoms with Crippen molar-refractivity contribution in [3.8, 4) is 6.07 Å². The van der Waals surface area contributed by atoms with Gasteiger partial charge in [0.05, 0.1) is 18.7 Å². The number of anilines is 3. The number of piperidine rings is 2. The molecule has 3 aromatic heterocycles. The van der Waals surface area contributed by atoms with Crippen LogP contribution in [-0.4, -0.2) is 62.8 Å². The number of H-pyrrole nitrogens is 1. The lowest BCUT2D eigenvalue weighted by molar-refractivity contribution is 0.0370. The van der Waals surface area contributed by atoms with Crippen molar-refractivity contribution < 1.29 is 9.53 Å². The molecule has 35 heavy (non-hydrogen) atoms. The van der Waals surface area contributed by atoms with Gasteiger partial charge in [0.2, 0.25) is 0 Å². The number of aromatic amines is 1. The minimum atomic E-state index is -0.478. The lowest BCUT2D eigenvalue weighted by Gasteiger charge is -2.49. The van der Waals surface area contributed by atoms with Crippen LogP contribution in [0.5, 0.6) is 0 Å². The average molecular weight is 475 g/mol. The topological polar surface area (TPSA) is 132 Å². The maximum Gasteiger partial charge on any atom is 0.356 e. The quantitative estimate of drug-likeness (QED) is 0.436. The second-order valence-electron chi connectivity index (χ2n) is 9.37. The molecule has 0 saturated carbocycles. The molecule has 3 atom stereocenters. The highest BCUT2D eigenvalue weighted by molar-refractivity contribution is 5.96. The van der Waals surface area contributed by atoms with Crippen LogP contribution in [0, 0.1) is 18.3 Å². The molecule has 0 aromatic carbocycles. The number of nitrogens with one attached hydrogen (secondary N) is 3. The fourth-order valence-corrected chi connectivity index (χ4v) is 5.47. The minimum Gasteiger partial charge on any atom is -0.464 e. The molecular formula is C25H30N8O2. The Hall–Kier alpha value is -3.71. The standard InChI is InChI=1S/C25H30N8O2/c1-15-11-23(32-31-15)29-22-14-21-19(7-8-20(28-21)25(34)35-2)24(30-22)27-16-12-17-5-3-6-18(13-16)33(17)10-4-9-26/h7-8,11,14,16-18H,3-6,10,12-13H2,1-2H3,(H3,27,29,30,31,32)/t16?,17-,18+. The van der Waals surface area contributed by atoms with Crippen LogP contribution in [0.3, 0.4) is 0 Å². The van der Waals surface area contributed by atoms with Crippen molar-refractivity contribution in [2.24, 2.45) is 0 Å². The third-order valence-corrected chi connectivity index (χ3v) is 6.99. The molecule has 2 fully saturated rings. The Kier molecular flexibility index (Phi) is 6.51. The molecule has 3 N–H and O–H groups in total. The monoisotopic (exact) mass is 474 g/mol. The minimum absolute atomic E-state index is 0.249. The number of carbonyl (C=O) groups excluding carboxylic acids is 1. The van der Waals surface area contributed by atoms with Crippen molar-refractivity contribution in [3.05, 3.63) is 35.7 Å². The fraction of sp³-hybridized carbons (Fsp3) is 0.480. The lowest BCUT2D eigenvalue weighted by atomic mass is 9.81. The van der Waals surface area contributed by atoms with Gasteiger partial charge in [-0.05, 0) is 44.7 Å². The van der Waals surface area contributed by atoms with Crippen LogP contribution < -0.4 is 10.6 Å². The summed E-state index contributed by atoms with van der Waals surface area (Å²) < 4.78 is 4.86. The summed E-state index contributed by atoms with van der Waals surface area (Å²) in [6, 6.07) is 10.8. The van der Waals surface area contributed by atoms with E-state index in [-0.39, 0.29) is 11.7 Å². The molecule has 5 rings (SSSR count). The molecule has 2 saturated heterocycles. The Morgan fingerprint density at radius 3 is 2.71 bits per heavy atom. The molecule has 10 nitrogen and oxygen atoms in total. The zero-order valence-corrected chi connectivity index (χ0v) is 20.0. The summed E-state index contributed by atoms with van der Waals surface area (Å²) in [6.45, 7) is 2.78. The highest BCUT2D eigenvalue weighted by Crippen LogP contribution is 2.36. The number of fused-ring (bicyclic) bond motifs is 3. The molecule has 182 valence electrons. The van der Waals surface area contributed by atoms with E-state index in [1.165, 1.54) is 26.4 Å². The van der Waals surface area contributed by atoms with Gasteiger partial charge in [0.25, 0.3) is 0 Å². The van der Waals surface area contributed by atoms with Crippen molar-refractivity contribution in [3.63, 3.8) is 0 Å². The molecule has 10 heteroatoms. The zero-order valence-electron chi connectivity index (χ0n) is 20.0. The van der Waals surface area contributed by atoms with E-state index >= 15 is 0 Å². The van der Waals surface area contributed by atoms with Crippen LogP contribution in [0.2, 0.25) is 0 Å². The van der Waals surface area contributed by atoms with Gasteiger partial charge in [-0.2, -0.15) is 10.4 Å². The number of ether oxygens (including phenoxy) is 1. The number of pyridine rings is 2. The molecule has 0 amide bonds. The predicted molar refractivity (Wildman–Crippen MR) is 132 cm³/mol. The molecule has 3 aromatic rings. The maximum atomic E-state index is 12.1. The van der Waals surface area contributed by atoms with Crippen LogP contribution in [0.4, 0.5) is 17.5 Å². The van der Waals surface area contributed by atoms with Crippen LogP contribution in [0.25, 0.3) is 10.9 Å². The van der Waals surface area contributed by atoms with Gasteiger partial charge in [-0.25, -0.2) is 14.8 Å². The summed E-state index contributed by atoms with van der Waals surface area (Å²) in [5.74, 6) is 1.50. The van der Waals surface area contributed by atoms with Crippen LogP contribution in [0.15, 0.2) is 24.3 Å². The summed E-state index contributed by atoms with van der Waals surface area (Å²) in [5, 5.41) is 24.0. The molecule has 0 radical (unpaired) electrons. The Labute approximate surface area is 204 Å². The van der Waals surface area contributed by atoms with Crippen molar-refractivity contribution in [2.75, 3.05) is 24.3 Å². The SMILES string of the molecule is COC(=O)c1ccc2c(NC3C[C@H]4CCC[C@@H](C3)N4CCC#N)nc(Nc3cc(C)[nH]n3)cc2n1. The van der Waals surface area contributed by atoms with Crippen LogP contribution in [0.1, 0.15) is 54.7 Å². The fourth-order valence-electron chi connectivity index (χ4n) is 5.47. The Balaban J connectivity index is 1.45. The van der Waals surface area contributed by atoms with Gasteiger partial charge in [0, 0.05) is 54.3 Å². The molecule has 0 spiro atoms. The summed E-state index contributed by atoms with van der Waals surface area (Å²) >= 11 is 0. The van der Waals surface area contributed by atoms with E-state index < -0.39 is 5.97 Å². The lowest BCUT2D eigenvalue weighted by Crippen LogP contribution is -2.55. The summed E-state index contributed by atoms with van der Waals surface area (Å²) in [5.41, 5.74) is 1.83. The molecule has 0 aliphatic carbocycles. The van der Waals surface area contributed by atoms with Crippen molar-refractivity contribution in [2.45, 2.75) is 63.6 Å². The molecular weight excluding hydrogens is 444 g/mol. The van der Waals surface area contributed by atoms with Gasteiger partial charge < -0.3 is 15.4 Å². The zero-order chi connectivity index (χ0) is 24.4. The van der Waals surface area contributed by atoms with E-state index in [1.807, 2.05) is 25.1 Å². The third-order valence-electron chi connectivity index (χ3n) is 6.99. The van der Waals surface area contributed by atoms with Gasteiger partial charge in [0.15, 0.2) is 5.82 Å². The second-order valence-corrected chi connectivity index (χ2v) is 9.37. The number of aromatic nitrogens is 4. The van der Waals surface area contributed by atoms with Gasteiger partial charge in [-0.3, -0.25) is 10.00 Å². The van der Waals surface area contributed by atoms with Crippen molar-refractivity contribution >= 4 is 34.3 Å². The molecule has 5 heterocycles. The first-order valence-electron chi connectivity index (χ1n) is 12.1. The number of carbonyl (C=O) groups is 1. The van der Waals surface area contributed by atoms with Gasteiger partial charge >= 0.3 is 5.97 Å². The normalized spacial score (nSPS) is 21.9. The predicted octanol–water partition coefficient (Wildman–Crippen LogP) is 3.90. The Bertz CT molecular complexity index is 1250. The maximum absolute atomic E-state index is 12.1. The molecule has 2 bridgehead atoms. The molecule has 2 aliphatic heterocycles. The largest absolute Gasteiger partial charge is 0.464 e. The van der Waals surface area contributed by atoms with Crippen LogP contribution >= 0.6 is 0 Å². The Morgan fingerprint density at radius 1 is 1.23 bits per heavy atom. The van der Waals surface area contributed by atoms with Gasteiger partial charge in [0.1, 0.15) is 17.3 Å². The first kappa shape index (κ1) is 23.1. The van der Waals surface area contributed by atoms with E-state index in [2.05, 4.69) is 36.8 Å². The number of aryl methyl sites for hydroxylation is 1. The molecule has 2 aliphatic rings. The van der Waals surface area contributed by atoms with E-state index in [0.29, 0.717) is 35.7 Å². The van der Waals surface area contributed by atoms with Gasteiger partial charge in [-0.1, -0.05) is 6.42 Å². The first-order chi connectivity index (χ1) is 17.0. The van der Waals surface area contributed by atoms with Crippen molar-refractivity contribution in [1.82, 2.24) is 25.1 Å². The van der Waals surface area contributed by atoms with Crippen LogP contribution in [-0.2, 0) is 4.74 Å². The number of nitriles is 1. The summed E-state index contributed by atoms with van der Waals surface area (Å²) in [6.07, 6.45) is 6.17. The highest BCUT2D eigenvalue weighted by Gasteiger charge is 2.38. The van der Waals surface area contributed by atoms with E-state index in [0.717, 1.165) is 36.3 Å². The third kappa shape index (κ3) is 4.91. The van der Waals surface area contributed by atoms with Gasteiger partial charge in [-0.15, -0.1) is 0 Å². The second kappa shape index (κ2) is 9.88. The van der Waals surface area contributed by atoms with E-state index in [1.54, 1.807) is 6.07 Å². The number of nitrogens with zero attached hydrogens (tertiary/aromatic N) is 5. The summed E-state index contributed by atoms with van der Waals surface area (Å²) in [4.78, 5) is 24.0. The smallest absolute Gasteiger partial charge is 0.356 e. The number of hydrogen-bond acceptors (Lipinski definition) is 9. The Morgan fingerprint density at radius 2 is 2.03 bits per heavy atom. The summed E-state index contributed by atoms with van der Waals surface area (Å²) in [7, 11) is 1.35. The number of rotatable bonds is 7. The number of esters is 1. The van der Waals surface area contributed by atoms with E-state index in [4.69, 9.17) is 15.0 Å². The number of methoxy groups -OCH3 is 1. The van der Waals surface area contributed by atoms with E-state index in [9.17, 15) is 4.79 Å². The average Bonchev–Trinajstić information content (AvgIpc) is 3.26.